The summed E-state index contributed by atoms with van der Waals surface area (Å²) in [5.41, 5.74) is 2.13. The second-order valence-corrected chi connectivity index (χ2v) is 6.19. The molecule has 1 N–H and O–H groups in total. The van der Waals surface area contributed by atoms with E-state index in [1.807, 2.05) is 36.4 Å². The molecule has 0 saturated heterocycles. The van der Waals surface area contributed by atoms with Crippen LogP contribution in [0.4, 0.5) is 5.69 Å². The molecule has 28 heavy (non-hydrogen) atoms. The molecule has 0 aromatic heterocycles. The molecule has 0 spiro atoms. The van der Waals surface area contributed by atoms with E-state index < -0.39 is 6.10 Å². The molecule has 0 aliphatic carbocycles. The SMILES string of the molecule is C[C@H](Oc1ccc(OCc2ccccc2)cc1)C(=O)Nc1cccc(C#N)c1. The topological polar surface area (TPSA) is 71.3 Å². The first-order valence-corrected chi connectivity index (χ1v) is 8.88. The normalized spacial score (nSPS) is 11.1. The Labute approximate surface area is 164 Å². The average Bonchev–Trinajstić information content (AvgIpc) is 2.74. The van der Waals surface area contributed by atoms with E-state index in [2.05, 4.69) is 5.32 Å². The fourth-order valence-corrected chi connectivity index (χ4v) is 2.52. The van der Waals surface area contributed by atoms with Crippen molar-refractivity contribution in [3.8, 4) is 17.6 Å². The molecule has 0 radical (unpaired) electrons. The van der Waals surface area contributed by atoms with Crippen molar-refractivity contribution in [3.05, 3.63) is 90.0 Å². The van der Waals surface area contributed by atoms with Crippen LogP contribution in [-0.4, -0.2) is 12.0 Å². The Kier molecular flexibility index (Phi) is 6.27. The second-order valence-electron chi connectivity index (χ2n) is 6.19. The summed E-state index contributed by atoms with van der Waals surface area (Å²) in [6, 6.07) is 25.8. The number of hydrogen-bond acceptors (Lipinski definition) is 4. The fraction of sp³-hybridized carbons (Fsp3) is 0.130. The van der Waals surface area contributed by atoms with Crippen molar-refractivity contribution >= 4 is 11.6 Å². The van der Waals surface area contributed by atoms with E-state index in [1.54, 1.807) is 55.5 Å². The highest BCUT2D eigenvalue weighted by Gasteiger charge is 2.15. The number of carbonyl (C=O) groups excluding carboxylic acids is 1. The van der Waals surface area contributed by atoms with Crippen molar-refractivity contribution in [2.45, 2.75) is 19.6 Å². The highest BCUT2D eigenvalue weighted by atomic mass is 16.5. The number of benzene rings is 3. The van der Waals surface area contributed by atoms with Gasteiger partial charge in [0.1, 0.15) is 18.1 Å². The molecule has 5 heteroatoms. The van der Waals surface area contributed by atoms with Crippen molar-refractivity contribution in [1.29, 1.82) is 5.26 Å². The molecule has 0 unspecified atom stereocenters. The highest BCUT2D eigenvalue weighted by Crippen LogP contribution is 2.20. The Morgan fingerprint density at radius 3 is 2.43 bits per heavy atom. The predicted molar refractivity (Wildman–Crippen MR) is 107 cm³/mol. The number of carbonyl (C=O) groups is 1. The van der Waals surface area contributed by atoms with E-state index in [0.29, 0.717) is 23.6 Å². The lowest BCUT2D eigenvalue weighted by Crippen LogP contribution is -2.30. The van der Waals surface area contributed by atoms with Crippen LogP contribution in [-0.2, 0) is 11.4 Å². The minimum absolute atomic E-state index is 0.292. The molecule has 0 aliphatic rings. The predicted octanol–water partition coefficient (Wildman–Crippen LogP) is 4.54. The molecule has 0 heterocycles. The van der Waals surface area contributed by atoms with Gasteiger partial charge in [0.25, 0.3) is 5.91 Å². The Hall–Kier alpha value is -3.78. The number of rotatable bonds is 7. The summed E-state index contributed by atoms with van der Waals surface area (Å²) in [5, 5.41) is 11.7. The van der Waals surface area contributed by atoms with Crippen LogP contribution in [0.25, 0.3) is 0 Å². The zero-order valence-electron chi connectivity index (χ0n) is 15.5. The van der Waals surface area contributed by atoms with Crippen molar-refractivity contribution in [2.75, 3.05) is 5.32 Å². The molecule has 1 amide bonds. The van der Waals surface area contributed by atoms with Gasteiger partial charge in [0.15, 0.2) is 6.10 Å². The largest absolute Gasteiger partial charge is 0.489 e. The number of anilines is 1. The van der Waals surface area contributed by atoms with Crippen molar-refractivity contribution in [1.82, 2.24) is 0 Å². The number of hydrogen-bond donors (Lipinski definition) is 1. The third-order valence-corrected chi connectivity index (χ3v) is 4.01. The quantitative estimate of drug-likeness (QED) is 0.661. The maximum atomic E-state index is 12.3. The van der Waals surface area contributed by atoms with E-state index >= 15 is 0 Å². The van der Waals surface area contributed by atoms with Crippen LogP contribution in [0.5, 0.6) is 11.5 Å². The summed E-state index contributed by atoms with van der Waals surface area (Å²) in [6.45, 7) is 2.16. The zero-order chi connectivity index (χ0) is 19.8. The van der Waals surface area contributed by atoms with Gasteiger partial charge in [-0.25, -0.2) is 0 Å². The smallest absolute Gasteiger partial charge is 0.265 e. The lowest BCUT2D eigenvalue weighted by atomic mass is 10.2. The van der Waals surface area contributed by atoms with Crippen molar-refractivity contribution < 1.29 is 14.3 Å². The molecule has 1 atom stereocenters. The monoisotopic (exact) mass is 372 g/mol. The molecule has 0 bridgehead atoms. The van der Waals surface area contributed by atoms with Gasteiger partial charge in [0, 0.05) is 5.69 Å². The Balaban J connectivity index is 1.52. The third kappa shape index (κ3) is 5.36. The summed E-state index contributed by atoms with van der Waals surface area (Å²) in [6.07, 6.45) is -0.693. The summed E-state index contributed by atoms with van der Waals surface area (Å²) in [7, 11) is 0. The van der Waals surface area contributed by atoms with Crippen LogP contribution in [0.2, 0.25) is 0 Å². The van der Waals surface area contributed by atoms with Gasteiger partial charge in [-0.15, -0.1) is 0 Å². The number of nitriles is 1. The first-order valence-electron chi connectivity index (χ1n) is 8.88. The molecule has 3 aromatic rings. The van der Waals surface area contributed by atoms with Crippen LogP contribution in [0.1, 0.15) is 18.1 Å². The van der Waals surface area contributed by atoms with Crippen molar-refractivity contribution in [2.24, 2.45) is 0 Å². The molecular weight excluding hydrogens is 352 g/mol. The van der Waals surface area contributed by atoms with Gasteiger partial charge in [-0.1, -0.05) is 36.4 Å². The molecular formula is C23H20N2O3. The summed E-state index contributed by atoms with van der Waals surface area (Å²) >= 11 is 0. The van der Waals surface area contributed by atoms with Crippen LogP contribution < -0.4 is 14.8 Å². The first-order chi connectivity index (χ1) is 13.6. The molecule has 3 rings (SSSR count). The Bertz CT molecular complexity index is 963. The number of nitrogens with zero attached hydrogens (tertiary/aromatic N) is 1. The molecule has 3 aromatic carbocycles. The molecule has 140 valence electrons. The minimum Gasteiger partial charge on any atom is -0.489 e. The number of ether oxygens (including phenoxy) is 2. The fourth-order valence-electron chi connectivity index (χ4n) is 2.52. The number of nitrogens with one attached hydrogen (secondary N) is 1. The summed E-state index contributed by atoms with van der Waals surface area (Å²) in [5.74, 6) is 1.00. The highest BCUT2D eigenvalue weighted by molar-refractivity contribution is 5.94. The van der Waals surface area contributed by atoms with Crippen LogP contribution in [0.15, 0.2) is 78.9 Å². The van der Waals surface area contributed by atoms with Crippen LogP contribution in [0.3, 0.4) is 0 Å². The number of amides is 1. The van der Waals surface area contributed by atoms with Gasteiger partial charge in [-0.3, -0.25) is 4.79 Å². The lowest BCUT2D eigenvalue weighted by Gasteiger charge is -2.15. The van der Waals surface area contributed by atoms with Gasteiger partial charge < -0.3 is 14.8 Å². The van der Waals surface area contributed by atoms with Gasteiger partial charge >= 0.3 is 0 Å². The van der Waals surface area contributed by atoms with Crippen LogP contribution >= 0.6 is 0 Å². The maximum Gasteiger partial charge on any atom is 0.265 e. The minimum atomic E-state index is -0.693. The maximum absolute atomic E-state index is 12.3. The van der Waals surface area contributed by atoms with E-state index in [0.717, 1.165) is 11.3 Å². The van der Waals surface area contributed by atoms with Crippen molar-refractivity contribution in [3.63, 3.8) is 0 Å². The lowest BCUT2D eigenvalue weighted by molar-refractivity contribution is -0.122. The van der Waals surface area contributed by atoms with E-state index in [-0.39, 0.29) is 5.91 Å². The third-order valence-electron chi connectivity index (χ3n) is 4.01. The Morgan fingerprint density at radius 1 is 1.00 bits per heavy atom. The standard InChI is InChI=1S/C23H20N2O3/c1-17(23(26)25-20-9-5-8-19(14-20)15-24)28-22-12-10-21(11-13-22)27-16-18-6-3-2-4-7-18/h2-14,17H,16H2,1H3,(H,25,26)/t17-/m0/s1. The average molecular weight is 372 g/mol. The van der Waals surface area contributed by atoms with E-state index in [4.69, 9.17) is 14.7 Å². The summed E-state index contributed by atoms with van der Waals surface area (Å²) in [4.78, 5) is 12.3. The van der Waals surface area contributed by atoms with Crippen LogP contribution in [0, 0.1) is 11.3 Å². The van der Waals surface area contributed by atoms with E-state index in [9.17, 15) is 4.79 Å². The van der Waals surface area contributed by atoms with E-state index in [1.165, 1.54) is 0 Å². The first kappa shape index (κ1) is 19.0. The molecule has 0 fully saturated rings. The van der Waals surface area contributed by atoms with Gasteiger partial charge in [0.05, 0.1) is 11.6 Å². The molecule has 5 nitrogen and oxygen atoms in total. The zero-order valence-corrected chi connectivity index (χ0v) is 15.5. The Morgan fingerprint density at radius 2 is 1.71 bits per heavy atom. The summed E-state index contributed by atoms with van der Waals surface area (Å²) < 4.78 is 11.4. The van der Waals surface area contributed by atoms with Gasteiger partial charge in [0.2, 0.25) is 0 Å². The van der Waals surface area contributed by atoms with Gasteiger partial charge in [-0.2, -0.15) is 5.26 Å². The molecule has 0 aliphatic heterocycles. The second kappa shape index (κ2) is 9.24. The molecule has 0 saturated carbocycles. The van der Waals surface area contributed by atoms with Gasteiger partial charge in [-0.05, 0) is 55.0 Å².